The number of hydrogen-bond donors (Lipinski definition) is 2. The van der Waals surface area contributed by atoms with Crippen LogP contribution in [-0.2, 0) is 9.53 Å². The lowest BCUT2D eigenvalue weighted by Crippen LogP contribution is -2.15. The highest BCUT2D eigenvalue weighted by Crippen LogP contribution is 2.19. The third kappa shape index (κ3) is 5.82. The molecule has 2 aromatic rings. The van der Waals surface area contributed by atoms with E-state index in [1.54, 1.807) is 36.4 Å². The number of ether oxygens (including phenoxy) is 2. The fourth-order valence-electron chi connectivity index (χ4n) is 3.10. The summed E-state index contributed by atoms with van der Waals surface area (Å²) >= 11 is 0. The Hall–Kier alpha value is -2.86. The molecule has 148 valence electrons. The highest BCUT2D eigenvalue weighted by molar-refractivity contribution is 6.04. The van der Waals surface area contributed by atoms with Crippen LogP contribution in [-0.4, -0.2) is 31.1 Å². The van der Waals surface area contributed by atoms with E-state index in [-0.39, 0.29) is 17.9 Å². The van der Waals surface area contributed by atoms with E-state index in [0.29, 0.717) is 30.0 Å². The smallest absolute Gasteiger partial charge is 0.255 e. The lowest BCUT2D eigenvalue weighted by molar-refractivity contribution is -0.116. The molecule has 6 nitrogen and oxygen atoms in total. The first-order chi connectivity index (χ1) is 13.6. The minimum absolute atomic E-state index is 0.0397. The van der Waals surface area contributed by atoms with Crippen molar-refractivity contribution < 1.29 is 19.1 Å². The van der Waals surface area contributed by atoms with Crippen LogP contribution in [0.3, 0.4) is 0 Å². The van der Waals surface area contributed by atoms with Crippen LogP contribution in [0.15, 0.2) is 48.5 Å². The number of rotatable bonds is 8. The Morgan fingerprint density at radius 1 is 1.04 bits per heavy atom. The highest BCUT2D eigenvalue weighted by atomic mass is 16.5. The van der Waals surface area contributed by atoms with Gasteiger partial charge in [-0.05, 0) is 74.7 Å². The Labute approximate surface area is 165 Å². The number of nitrogens with one attached hydrogen (secondary N) is 2. The third-order valence-corrected chi connectivity index (χ3v) is 4.57. The molecule has 1 unspecified atom stereocenters. The summed E-state index contributed by atoms with van der Waals surface area (Å²) in [7, 11) is 0. The molecule has 0 radical (unpaired) electrons. The molecule has 1 saturated heterocycles. The first-order valence-corrected chi connectivity index (χ1v) is 9.70. The molecule has 1 atom stereocenters. The average Bonchev–Trinajstić information content (AvgIpc) is 3.22. The molecule has 28 heavy (non-hydrogen) atoms. The van der Waals surface area contributed by atoms with E-state index in [0.717, 1.165) is 31.6 Å². The van der Waals surface area contributed by atoms with Gasteiger partial charge in [-0.3, -0.25) is 9.59 Å². The summed E-state index contributed by atoms with van der Waals surface area (Å²) in [6.45, 7) is 3.32. The van der Waals surface area contributed by atoms with Gasteiger partial charge in [0, 0.05) is 30.0 Å². The molecule has 6 heteroatoms. The minimum Gasteiger partial charge on any atom is -0.494 e. The number of amides is 2. The average molecular weight is 382 g/mol. The quantitative estimate of drug-likeness (QED) is 0.716. The van der Waals surface area contributed by atoms with Crippen molar-refractivity contribution in [2.75, 3.05) is 23.8 Å². The normalized spacial score (nSPS) is 15.8. The van der Waals surface area contributed by atoms with Crippen LogP contribution in [0.4, 0.5) is 11.4 Å². The van der Waals surface area contributed by atoms with Gasteiger partial charge in [0.2, 0.25) is 5.91 Å². The lowest BCUT2D eigenvalue weighted by Gasteiger charge is -2.10. The van der Waals surface area contributed by atoms with Gasteiger partial charge >= 0.3 is 0 Å². The zero-order valence-electron chi connectivity index (χ0n) is 16.1. The second-order valence-electron chi connectivity index (χ2n) is 6.71. The molecule has 1 aliphatic rings. The first-order valence-electron chi connectivity index (χ1n) is 9.70. The van der Waals surface area contributed by atoms with Crippen molar-refractivity contribution in [2.24, 2.45) is 0 Å². The van der Waals surface area contributed by atoms with Crippen LogP contribution in [0.2, 0.25) is 0 Å². The molecular formula is C22H26N2O4. The van der Waals surface area contributed by atoms with Crippen LogP contribution in [0.1, 0.15) is 43.0 Å². The Balaban J connectivity index is 1.48. The van der Waals surface area contributed by atoms with Crippen molar-refractivity contribution in [1.29, 1.82) is 0 Å². The lowest BCUT2D eigenvalue weighted by atomic mass is 10.1. The first kappa shape index (κ1) is 19.9. The standard InChI is InChI=1S/C22H26N2O4/c1-2-27-20-11-9-18(10-12-20)24-22(26)16-5-7-17(8-6-16)23-21(25)14-13-19-4-3-15-28-19/h5-12,19H,2-4,13-15H2,1H3,(H,23,25)(H,24,26). The molecule has 2 amide bonds. The summed E-state index contributed by atoms with van der Waals surface area (Å²) in [5, 5.41) is 5.70. The summed E-state index contributed by atoms with van der Waals surface area (Å²) in [4.78, 5) is 24.4. The van der Waals surface area contributed by atoms with Crippen molar-refractivity contribution in [1.82, 2.24) is 0 Å². The fourth-order valence-corrected chi connectivity index (χ4v) is 3.10. The third-order valence-electron chi connectivity index (χ3n) is 4.57. The van der Waals surface area contributed by atoms with Crippen LogP contribution in [0.25, 0.3) is 0 Å². The molecule has 1 fully saturated rings. The van der Waals surface area contributed by atoms with E-state index in [4.69, 9.17) is 9.47 Å². The second kappa shape index (κ2) is 9.90. The van der Waals surface area contributed by atoms with Gasteiger partial charge < -0.3 is 20.1 Å². The Morgan fingerprint density at radius 2 is 1.71 bits per heavy atom. The van der Waals surface area contributed by atoms with Gasteiger partial charge in [0.15, 0.2) is 0 Å². The SMILES string of the molecule is CCOc1ccc(NC(=O)c2ccc(NC(=O)CCC3CCCO3)cc2)cc1. The summed E-state index contributed by atoms with van der Waals surface area (Å²) < 4.78 is 10.9. The number of carbonyl (C=O) groups excluding carboxylic acids is 2. The zero-order chi connectivity index (χ0) is 19.8. The van der Waals surface area contributed by atoms with Gasteiger partial charge in [-0.1, -0.05) is 0 Å². The van der Waals surface area contributed by atoms with E-state index in [2.05, 4.69) is 10.6 Å². The van der Waals surface area contributed by atoms with E-state index < -0.39 is 0 Å². The monoisotopic (exact) mass is 382 g/mol. The molecule has 0 aromatic heterocycles. The summed E-state index contributed by atoms with van der Waals surface area (Å²) in [6.07, 6.45) is 3.50. The second-order valence-corrected chi connectivity index (χ2v) is 6.71. The van der Waals surface area contributed by atoms with Crippen molar-refractivity contribution in [3.05, 3.63) is 54.1 Å². The summed E-state index contributed by atoms with van der Waals surface area (Å²) in [6, 6.07) is 14.1. The number of benzene rings is 2. The molecule has 1 aliphatic heterocycles. The maximum Gasteiger partial charge on any atom is 0.255 e. The maximum atomic E-state index is 12.4. The Kier molecular flexibility index (Phi) is 7.03. The number of anilines is 2. The van der Waals surface area contributed by atoms with Gasteiger partial charge in [-0.2, -0.15) is 0 Å². The highest BCUT2D eigenvalue weighted by Gasteiger charge is 2.16. The van der Waals surface area contributed by atoms with Crippen molar-refractivity contribution >= 4 is 23.2 Å². The molecule has 0 spiro atoms. The van der Waals surface area contributed by atoms with E-state index in [9.17, 15) is 9.59 Å². The summed E-state index contributed by atoms with van der Waals surface area (Å²) in [5.41, 5.74) is 1.89. The van der Waals surface area contributed by atoms with Crippen molar-refractivity contribution in [2.45, 2.75) is 38.7 Å². The molecule has 0 bridgehead atoms. The zero-order valence-corrected chi connectivity index (χ0v) is 16.1. The van der Waals surface area contributed by atoms with Gasteiger partial charge in [0.05, 0.1) is 12.7 Å². The Bertz CT molecular complexity index is 781. The van der Waals surface area contributed by atoms with E-state index in [1.165, 1.54) is 0 Å². The van der Waals surface area contributed by atoms with Crippen molar-refractivity contribution in [3.8, 4) is 5.75 Å². The number of hydrogen-bond acceptors (Lipinski definition) is 4. The van der Waals surface area contributed by atoms with Crippen LogP contribution in [0, 0.1) is 0 Å². The largest absolute Gasteiger partial charge is 0.494 e. The van der Waals surface area contributed by atoms with Crippen molar-refractivity contribution in [3.63, 3.8) is 0 Å². The van der Waals surface area contributed by atoms with Crippen LogP contribution in [0.5, 0.6) is 5.75 Å². The fraction of sp³-hybridized carbons (Fsp3) is 0.364. The minimum atomic E-state index is -0.208. The molecule has 1 heterocycles. The Morgan fingerprint density at radius 3 is 2.36 bits per heavy atom. The van der Waals surface area contributed by atoms with Gasteiger partial charge in [0.1, 0.15) is 5.75 Å². The van der Waals surface area contributed by atoms with Gasteiger partial charge in [-0.15, -0.1) is 0 Å². The van der Waals surface area contributed by atoms with Gasteiger partial charge in [0.25, 0.3) is 5.91 Å². The predicted molar refractivity (Wildman–Crippen MR) is 109 cm³/mol. The molecule has 2 N–H and O–H groups in total. The molecule has 0 saturated carbocycles. The van der Waals surface area contributed by atoms with Gasteiger partial charge in [-0.25, -0.2) is 0 Å². The topological polar surface area (TPSA) is 76.7 Å². The maximum absolute atomic E-state index is 12.4. The van der Waals surface area contributed by atoms with Crippen LogP contribution < -0.4 is 15.4 Å². The predicted octanol–water partition coefficient (Wildman–Crippen LogP) is 4.24. The number of carbonyl (C=O) groups is 2. The molecule has 2 aromatic carbocycles. The molecular weight excluding hydrogens is 356 g/mol. The molecule has 3 rings (SSSR count). The van der Waals surface area contributed by atoms with E-state index in [1.807, 2.05) is 19.1 Å². The molecule has 0 aliphatic carbocycles. The summed E-state index contributed by atoms with van der Waals surface area (Å²) in [5.74, 6) is 0.516. The van der Waals surface area contributed by atoms with Crippen LogP contribution >= 0.6 is 0 Å². The van der Waals surface area contributed by atoms with E-state index >= 15 is 0 Å².